The molecule has 2 aromatic rings. The molecule has 0 amide bonds. The molecule has 2 aliphatic heterocycles. The van der Waals surface area contributed by atoms with Gasteiger partial charge in [0.05, 0.1) is 17.9 Å². The van der Waals surface area contributed by atoms with E-state index in [1.54, 1.807) is 11.5 Å². The van der Waals surface area contributed by atoms with E-state index in [1.807, 2.05) is 0 Å². The van der Waals surface area contributed by atoms with Crippen LogP contribution in [0.4, 0.5) is 5.82 Å². The molecule has 33 heavy (non-hydrogen) atoms. The largest absolute Gasteiger partial charge is 0.379 e. The summed E-state index contributed by atoms with van der Waals surface area (Å²) < 4.78 is 40.9. The molecule has 2 saturated heterocycles. The van der Waals surface area contributed by atoms with Crippen LogP contribution in [0.15, 0.2) is 24.3 Å². The lowest BCUT2D eigenvalue weighted by Crippen LogP contribution is -2.50. The van der Waals surface area contributed by atoms with E-state index in [0.717, 1.165) is 64.2 Å². The van der Waals surface area contributed by atoms with Crippen molar-refractivity contribution in [1.82, 2.24) is 18.3 Å². The molecule has 0 atom stereocenters. The molecule has 0 radical (unpaired) electrons. The standard InChI is InChI=1S/C23H35N5O3S2/c29-33(30,28-15-17-31-18-16-28)25-20-7-5-19(6-8-20)9-10-26-11-13-27(14-12-26)23-21-3-1-2-4-22(21)32-24-23/h1-4,19-20,25H,5-18H2/t19-,20+. The monoisotopic (exact) mass is 493 g/mol. The molecule has 1 N–H and O–H groups in total. The average Bonchev–Trinajstić information content (AvgIpc) is 3.29. The van der Waals surface area contributed by atoms with Gasteiger partial charge in [0.2, 0.25) is 0 Å². The van der Waals surface area contributed by atoms with Crippen LogP contribution in [0.1, 0.15) is 32.1 Å². The van der Waals surface area contributed by atoms with E-state index in [-0.39, 0.29) is 6.04 Å². The molecule has 1 aromatic heterocycles. The quantitative estimate of drug-likeness (QED) is 0.639. The van der Waals surface area contributed by atoms with Gasteiger partial charge in [-0.2, -0.15) is 21.8 Å². The summed E-state index contributed by atoms with van der Waals surface area (Å²) in [6.45, 7) is 7.26. The molecule has 8 nitrogen and oxygen atoms in total. The van der Waals surface area contributed by atoms with Crippen LogP contribution in [0.3, 0.4) is 0 Å². The van der Waals surface area contributed by atoms with Gasteiger partial charge in [-0.15, -0.1) is 0 Å². The Morgan fingerprint density at radius 2 is 1.73 bits per heavy atom. The Kier molecular flexibility index (Phi) is 7.48. The highest BCUT2D eigenvalue weighted by Gasteiger charge is 2.30. The Bertz CT molecular complexity index is 1010. The number of nitrogens with one attached hydrogen (secondary N) is 1. The number of nitrogens with zero attached hydrogens (tertiary/aromatic N) is 4. The van der Waals surface area contributed by atoms with Crippen molar-refractivity contribution >= 4 is 37.6 Å². The highest BCUT2D eigenvalue weighted by atomic mass is 32.2. The average molecular weight is 494 g/mol. The Labute approximate surface area is 201 Å². The van der Waals surface area contributed by atoms with Crippen molar-refractivity contribution in [1.29, 1.82) is 0 Å². The lowest BCUT2D eigenvalue weighted by atomic mass is 9.84. The smallest absolute Gasteiger partial charge is 0.279 e. The molecule has 3 heterocycles. The Balaban J connectivity index is 1.02. The number of hydrogen-bond acceptors (Lipinski definition) is 7. The van der Waals surface area contributed by atoms with Crippen LogP contribution >= 0.6 is 11.5 Å². The summed E-state index contributed by atoms with van der Waals surface area (Å²) in [5.74, 6) is 1.85. The lowest BCUT2D eigenvalue weighted by molar-refractivity contribution is 0.0721. The van der Waals surface area contributed by atoms with Crippen LogP contribution in [-0.4, -0.2) is 87.1 Å². The maximum Gasteiger partial charge on any atom is 0.279 e. The predicted molar refractivity (Wildman–Crippen MR) is 133 cm³/mol. The zero-order valence-electron chi connectivity index (χ0n) is 19.2. The summed E-state index contributed by atoms with van der Waals surface area (Å²) in [4.78, 5) is 5.01. The van der Waals surface area contributed by atoms with E-state index < -0.39 is 10.2 Å². The number of morpholine rings is 1. The molecule has 0 spiro atoms. The Hall–Kier alpha value is -1.30. The molecule has 1 aliphatic carbocycles. The van der Waals surface area contributed by atoms with Crippen molar-refractivity contribution in [2.75, 3.05) is 63.9 Å². The van der Waals surface area contributed by atoms with Gasteiger partial charge in [-0.05, 0) is 68.2 Å². The number of anilines is 1. The zero-order chi connectivity index (χ0) is 22.7. The maximum absolute atomic E-state index is 12.6. The third kappa shape index (κ3) is 5.68. The first-order valence-electron chi connectivity index (χ1n) is 12.3. The minimum atomic E-state index is -3.38. The van der Waals surface area contributed by atoms with Crippen LogP contribution in [0, 0.1) is 5.92 Å². The number of rotatable bonds is 7. The van der Waals surface area contributed by atoms with E-state index in [9.17, 15) is 8.42 Å². The number of piperazine rings is 1. The van der Waals surface area contributed by atoms with Crippen LogP contribution in [-0.2, 0) is 14.9 Å². The van der Waals surface area contributed by atoms with Crippen LogP contribution in [0.5, 0.6) is 0 Å². The highest BCUT2D eigenvalue weighted by molar-refractivity contribution is 7.87. The normalized spacial score (nSPS) is 26.1. The third-order valence-electron chi connectivity index (χ3n) is 7.36. The van der Waals surface area contributed by atoms with Crippen molar-refractivity contribution in [2.45, 2.75) is 38.1 Å². The predicted octanol–water partition coefficient (Wildman–Crippen LogP) is 2.53. The highest BCUT2D eigenvalue weighted by Crippen LogP contribution is 2.31. The molecular formula is C23H35N5O3S2. The van der Waals surface area contributed by atoms with Gasteiger partial charge < -0.3 is 9.64 Å². The summed E-state index contributed by atoms with van der Waals surface area (Å²) in [7, 11) is -3.38. The van der Waals surface area contributed by atoms with Gasteiger partial charge >= 0.3 is 0 Å². The van der Waals surface area contributed by atoms with Crippen LogP contribution in [0.25, 0.3) is 10.1 Å². The van der Waals surface area contributed by atoms with Crippen LogP contribution < -0.4 is 9.62 Å². The number of hydrogen-bond donors (Lipinski definition) is 1. The molecule has 1 saturated carbocycles. The SMILES string of the molecule is O=S(=O)(N[C@H]1CC[C@@H](CCN2CCN(c3nsc4ccccc34)CC2)CC1)N1CCOCC1. The Morgan fingerprint density at radius 1 is 1.00 bits per heavy atom. The topological polar surface area (TPSA) is 78.0 Å². The second-order valence-corrected chi connectivity index (χ2v) is 12.0. The first kappa shape index (κ1) is 23.4. The van der Waals surface area contributed by atoms with Gasteiger partial charge in [0.15, 0.2) is 0 Å². The Morgan fingerprint density at radius 3 is 2.48 bits per heavy atom. The van der Waals surface area contributed by atoms with Crippen molar-refractivity contribution < 1.29 is 13.2 Å². The van der Waals surface area contributed by atoms with Gasteiger partial charge in [0.1, 0.15) is 5.82 Å². The van der Waals surface area contributed by atoms with Gasteiger partial charge in [-0.1, -0.05) is 12.1 Å². The van der Waals surface area contributed by atoms with Crippen molar-refractivity contribution in [3.63, 3.8) is 0 Å². The second-order valence-electron chi connectivity index (χ2n) is 9.47. The third-order valence-corrected chi connectivity index (χ3v) is 9.85. The maximum atomic E-state index is 12.6. The van der Waals surface area contributed by atoms with Gasteiger partial charge in [-0.3, -0.25) is 4.90 Å². The minimum absolute atomic E-state index is 0.0746. The number of fused-ring (bicyclic) bond motifs is 1. The summed E-state index contributed by atoms with van der Waals surface area (Å²) in [5.41, 5.74) is 0. The van der Waals surface area contributed by atoms with E-state index >= 15 is 0 Å². The van der Waals surface area contributed by atoms with E-state index in [4.69, 9.17) is 9.11 Å². The van der Waals surface area contributed by atoms with E-state index in [2.05, 4.69) is 38.8 Å². The van der Waals surface area contributed by atoms with E-state index in [0.29, 0.717) is 32.2 Å². The minimum Gasteiger partial charge on any atom is -0.379 e. The first-order chi connectivity index (χ1) is 16.1. The van der Waals surface area contributed by atoms with Crippen molar-refractivity contribution in [3.05, 3.63) is 24.3 Å². The molecule has 182 valence electrons. The van der Waals surface area contributed by atoms with Crippen molar-refractivity contribution in [2.24, 2.45) is 5.92 Å². The summed E-state index contributed by atoms with van der Waals surface area (Å²) in [6, 6.07) is 8.58. The molecule has 3 aliphatic rings. The molecule has 0 bridgehead atoms. The van der Waals surface area contributed by atoms with Gasteiger partial charge in [-0.25, -0.2) is 0 Å². The fourth-order valence-electron chi connectivity index (χ4n) is 5.29. The molecule has 3 fully saturated rings. The summed E-state index contributed by atoms with van der Waals surface area (Å²) in [5, 5.41) is 1.27. The zero-order valence-corrected chi connectivity index (χ0v) is 20.8. The summed E-state index contributed by atoms with van der Waals surface area (Å²) in [6.07, 6.45) is 5.32. The van der Waals surface area contributed by atoms with Crippen molar-refractivity contribution in [3.8, 4) is 0 Å². The van der Waals surface area contributed by atoms with Gasteiger partial charge in [0, 0.05) is 50.7 Å². The van der Waals surface area contributed by atoms with Gasteiger partial charge in [0.25, 0.3) is 10.2 Å². The number of benzene rings is 1. The fourth-order valence-corrected chi connectivity index (χ4v) is 7.52. The molecule has 10 heteroatoms. The fraction of sp³-hybridized carbons (Fsp3) is 0.696. The molecule has 0 unspecified atom stereocenters. The summed E-state index contributed by atoms with van der Waals surface area (Å²) >= 11 is 1.59. The first-order valence-corrected chi connectivity index (χ1v) is 14.5. The lowest BCUT2D eigenvalue weighted by Gasteiger charge is -2.36. The molecule has 5 rings (SSSR count). The van der Waals surface area contributed by atoms with Crippen LogP contribution in [0.2, 0.25) is 0 Å². The molecule has 1 aromatic carbocycles. The number of aromatic nitrogens is 1. The van der Waals surface area contributed by atoms with E-state index in [1.165, 1.54) is 20.8 Å². The number of ether oxygens (including phenoxy) is 1. The molecular weight excluding hydrogens is 458 g/mol. The second kappa shape index (κ2) is 10.5.